The van der Waals surface area contributed by atoms with E-state index in [1.807, 2.05) is 0 Å². The highest BCUT2D eigenvalue weighted by atomic mass is 35.5. The Morgan fingerprint density at radius 3 is 2.80 bits per heavy atom. The summed E-state index contributed by atoms with van der Waals surface area (Å²) in [5.41, 5.74) is 1.04. The summed E-state index contributed by atoms with van der Waals surface area (Å²) in [6.07, 6.45) is 7.94. The van der Waals surface area contributed by atoms with E-state index in [1.54, 1.807) is 0 Å². The molecule has 0 aromatic carbocycles. The molecule has 1 aliphatic rings. The van der Waals surface area contributed by atoms with E-state index in [0.717, 1.165) is 50.2 Å². The zero-order chi connectivity index (χ0) is 14.4. The number of aryl methyl sites for hydroxylation is 1. The molecule has 2 rings (SSSR count). The molecule has 0 spiro atoms. The average Bonchev–Trinajstić information content (AvgIpc) is 3.05. The van der Waals surface area contributed by atoms with Gasteiger partial charge in [0.05, 0.1) is 5.69 Å². The summed E-state index contributed by atoms with van der Waals surface area (Å²) in [5.74, 6) is 0.978. The molecule has 5 heteroatoms. The van der Waals surface area contributed by atoms with Gasteiger partial charge in [-0.15, -0.1) is 0 Å². The van der Waals surface area contributed by atoms with Crippen LogP contribution in [-0.2, 0) is 13.0 Å². The second kappa shape index (κ2) is 7.43. The molecule has 1 aliphatic carbocycles. The van der Waals surface area contributed by atoms with Crippen molar-refractivity contribution in [3.63, 3.8) is 0 Å². The van der Waals surface area contributed by atoms with Gasteiger partial charge in [0.1, 0.15) is 5.82 Å². The monoisotopic (exact) mass is 299 g/mol. The summed E-state index contributed by atoms with van der Waals surface area (Å²) in [6, 6.07) is 0. The maximum atomic E-state index is 9.58. The van der Waals surface area contributed by atoms with Crippen molar-refractivity contribution in [2.24, 2.45) is 5.41 Å². The lowest BCUT2D eigenvalue weighted by atomic mass is 9.87. The SMILES string of the molecule is CCCCc1nc(Cl)c(CNCC2(CO)CCCC2)[nH]1. The molecule has 0 aliphatic heterocycles. The quantitative estimate of drug-likeness (QED) is 0.691. The summed E-state index contributed by atoms with van der Waals surface area (Å²) in [6.45, 7) is 3.99. The van der Waals surface area contributed by atoms with Gasteiger partial charge >= 0.3 is 0 Å². The number of aromatic nitrogens is 2. The number of unbranched alkanes of at least 4 members (excludes halogenated alkanes) is 1. The molecule has 1 aromatic heterocycles. The lowest BCUT2D eigenvalue weighted by Gasteiger charge is -2.26. The van der Waals surface area contributed by atoms with Crippen molar-refractivity contribution in [3.05, 3.63) is 16.7 Å². The van der Waals surface area contributed by atoms with E-state index in [-0.39, 0.29) is 12.0 Å². The first-order valence-corrected chi connectivity index (χ1v) is 8.12. The van der Waals surface area contributed by atoms with Gasteiger partial charge in [0, 0.05) is 31.5 Å². The van der Waals surface area contributed by atoms with Gasteiger partial charge in [-0.1, -0.05) is 37.8 Å². The van der Waals surface area contributed by atoms with Gasteiger partial charge in [-0.3, -0.25) is 0 Å². The van der Waals surface area contributed by atoms with Gasteiger partial charge in [0.25, 0.3) is 0 Å². The van der Waals surface area contributed by atoms with Crippen LogP contribution in [0.3, 0.4) is 0 Å². The zero-order valence-electron chi connectivity index (χ0n) is 12.3. The van der Waals surface area contributed by atoms with Crippen molar-refractivity contribution in [3.8, 4) is 0 Å². The predicted molar refractivity (Wildman–Crippen MR) is 81.9 cm³/mol. The lowest BCUT2D eigenvalue weighted by molar-refractivity contribution is 0.128. The Labute approximate surface area is 126 Å². The highest BCUT2D eigenvalue weighted by molar-refractivity contribution is 6.30. The Balaban J connectivity index is 1.82. The Bertz CT molecular complexity index is 413. The number of H-pyrrole nitrogens is 1. The van der Waals surface area contributed by atoms with Crippen LogP contribution in [0.1, 0.15) is 57.0 Å². The molecule has 0 unspecified atom stereocenters. The van der Waals surface area contributed by atoms with Crippen LogP contribution in [0, 0.1) is 5.41 Å². The van der Waals surface area contributed by atoms with Crippen LogP contribution in [0.15, 0.2) is 0 Å². The number of nitrogens with one attached hydrogen (secondary N) is 2. The van der Waals surface area contributed by atoms with Crippen molar-refractivity contribution >= 4 is 11.6 Å². The van der Waals surface area contributed by atoms with Crippen molar-refractivity contribution in [1.82, 2.24) is 15.3 Å². The van der Waals surface area contributed by atoms with Crippen LogP contribution in [-0.4, -0.2) is 28.2 Å². The van der Waals surface area contributed by atoms with Crippen LogP contribution >= 0.6 is 11.6 Å². The highest BCUT2D eigenvalue weighted by Crippen LogP contribution is 2.36. The standard InChI is InChI=1S/C15H26ClN3O/c1-2-3-6-13-18-12(14(16)19-13)9-17-10-15(11-20)7-4-5-8-15/h17,20H,2-11H2,1H3,(H,18,19). The second-order valence-electron chi connectivity index (χ2n) is 6.03. The topological polar surface area (TPSA) is 60.9 Å². The maximum Gasteiger partial charge on any atom is 0.151 e. The highest BCUT2D eigenvalue weighted by Gasteiger charge is 2.32. The number of imidazole rings is 1. The van der Waals surface area contributed by atoms with Crippen LogP contribution in [0.2, 0.25) is 5.15 Å². The minimum absolute atomic E-state index is 0.0809. The number of hydrogen-bond acceptors (Lipinski definition) is 3. The molecule has 1 aromatic rings. The fourth-order valence-corrected chi connectivity index (χ4v) is 3.20. The van der Waals surface area contributed by atoms with E-state index in [1.165, 1.54) is 12.8 Å². The first-order chi connectivity index (χ1) is 9.69. The third-order valence-corrected chi connectivity index (χ3v) is 4.66. The Morgan fingerprint density at radius 2 is 2.15 bits per heavy atom. The van der Waals surface area contributed by atoms with Crippen LogP contribution in [0.5, 0.6) is 0 Å². The second-order valence-corrected chi connectivity index (χ2v) is 6.38. The van der Waals surface area contributed by atoms with E-state index in [0.29, 0.717) is 11.7 Å². The average molecular weight is 300 g/mol. The number of aromatic amines is 1. The molecule has 1 fully saturated rings. The van der Waals surface area contributed by atoms with E-state index < -0.39 is 0 Å². The fourth-order valence-electron chi connectivity index (χ4n) is 2.99. The molecule has 0 saturated heterocycles. The molecule has 1 saturated carbocycles. The first kappa shape index (κ1) is 15.8. The third kappa shape index (κ3) is 3.96. The normalized spacial score (nSPS) is 17.8. The molecule has 3 N–H and O–H groups in total. The zero-order valence-corrected chi connectivity index (χ0v) is 13.1. The molecular weight excluding hydrogens is 274 g/mol. The molecule has 20 heavy (non-hydrogen) atoms. The number of aliphatic hydroxyl groups excluding tert-OH is 1. The molecule has 4 nitrogen and oxygen atoms in total. The number of nitrogens with zero attached hydrogens (tertiary/aromatic N) is 1. The third-order valence-electron chi connectivity index (χ3n) is 4.35. The fraction of sp³-hybridized carbons (Fsp3) is 0.800. The Morgan fingerprint density at radius 1 is 1.40 bits per heavy atom. The summed E-state index contributed by atoms with van der Waals surface area (Å²) in [4.78, 5) is 7.66. The molecule has 0 atom stereocenters. The number of aliphatic hydroxyl groups is 1. The van der Waals surface area contributed by atoms with Crippen LogP contribution in [0.25, 0.3) is 0 Å². The van der Waals surface area contributed by atoms with Gasteiger partial charge < -0.3 is 15.4 Å². The molecule has 0 bridgehead atoms. The van der Waals surface area contributed by atoms with Gasteiger partial charge in [-0.25, -0.2) is 4.98 Å². The first-order valence-electron chi connectivity index (χ1n) is 7.74. The molecule has 0 amide bonds. The largest absolute Gasteiger partial charge is 0.396 e. The lowest BCUT2D eigenvalue weighted by Crippen LogP contribution is -2.34. The van der Waals surface area contributed by atoms with E-state index in [2.05, 4.69) is 22.2 Å². The summed E-state index contributed by atoms with van der Waals surface area (Å²) in [7, 11) is 0. The van der Waals surface area contributed by atoms with Crippen molar-refractivity contribution in [1.29, 1.82) is 0 Å². The molecule has 0 radical (unpaired) electrons. The minimum Gasteiger partial charge on any atom is -0.396 e. The smallest absolute Gasteiger partial charge is 0.151 e. The van der Waals surface area contributed by atoms with Crippen LogP contribution < -0.4 is 5.32 Å². The van der Waals surface area contributed by atoms with E-state index in [9.17, 15) is 5.11 Å². The maximum absolute atomic E-state index is 9.58. The summed E-state index contributed by atoms with van der Waals surface area (Å²) in [5, 5.41) is 13.6. The van der Waals surface area contributed by atoms with Gasteiger partial charge in [-0.05, 0) is 19.3 Å². The predicted octanol–water partition coefficient (Wildman–Crippen LogP) is 3.05. The number of halogens is 1. The summed E-state index contributed by atoms with van der Waals surface area (Å²) < 4.78 is 0. The number of hydrogen-bond donors (Lipinski definition) is 3. The van der Waals surface area contributed by atoms with Gasteiger partial charge in [-0.2, -0.15) is 0 Å². The molecular formula is C15H26ClN3O. The van der Waals surface area contributed by atoms with Gasteiger partial charge in [0.15, 0.2) is 5.15 Å². The van der Waals surface area contributed by atoms with E-state index in [4.69, 9.17) is 11.6 Å². The molecule has 114 valence electrons. The Kier molecular flexibility index (Phi) is 5.87. The van der Waals surface area contributed by atoms with Crippen molar-refractivity contribution < 1.29 is 5.11 Å². The van der Waals surface area contributed by atoms with E-state index >= 15 is 0 Å². The minimum atomic E-state index is 0.0809. The summed E-state index contributed by atoms with van der Waals surface area (Å²) >= 11 is 6.16. The van der Waals surface area contributed by atoms with Gasteiger partial charge in [0.2, 0.25) is 0 Å². The Hall–Kier alpha value is -0.580. The van der Waals surface area contributed by atoms with Crippen molar-refractivity contribution in [2.75, 3.05) is 13.2 Å². The number of rotatable bonds is 8. The van der Waals surface area contributed by atoms with Crippen molar-refractivity contribution in [2.45, 2.75) is 58.4 Å². The van der Waals surface area contributed by atoms with Crippen LogP contribution in [0.4, 0.5) is 0 Å². The molecule has 1 heterocycles.